The Hall–Kier alpha value is -3.41. The fourth-order valence-electron chi connectivity index (χ4n) is 2.91. The van der Waals surface area contributed by atoms with Crippen molar-refractivity contribution in [1.82, 2.24) is 25.8 Å². The molecule has 0 aliphatic heterocycles. The van der Waals surface area contributed by atoms with Gasteiger partial charge in [0.2, 0.25) is 0 Å². The molecule has 0 atom stereocenters. The summed E-state index contributed by atoms with van der Waals surface area (Å²) in [6.45, 7) is 3.45. The van der Waals surface area contributed by atoms with E-state index in [2.05, 4.69) is 37.1 Å². The average Bonchev–Trinajstić information content (AvgIpc) is 3.05. The summed E-state index contributed by atoms with van der Waals surface area (Å²) in [5.74, 6) is 2.94. The molecular weight excluding hydrogens is 356 g/mol. The van der Waals surface area contributed by atoms with Crippen LogP contribution in [-0.4, -0.2) is 52.4 Å². The fraction of sp³-hybridized carbons (Fsp3) is 0.250. The number of amides is 1. The van der Waals surface area contributed by atoms with Crippen molar-refractivity contribution in [2.24, 2.45) is 0 Å². The molecule has 144 valence electrons. The minimum absolute atomic E-state index is 0.0646. The Kier molecular flexibility index (Phi) is 6.22. The lowest BCUT2D eigenvalue weighted by molar-refractivity contribution is 0.0949. The van der Waals surface area contributed by atoms with Crippen LogP contribution in [0.5, 0.6) is 0 Å². The summed E-state index contributed by atoms with van der Waals surface area (Å²) in [6, 6.07) is 7.43. The van der Waals surface area contributed by atoms with Crippen LogP contribution < -0.4 is 16.0 Å². The van der Waals surface area contributed by atoms with Gasteiger partial charge in [0.05, 0.1) is 18.3 Å². The van der Waals surface area contributed by atoms with Gasteiger partial charge in [-0.1, -0.05) is 12.0 Å². The molecule has 8 nitrogen and oxygen atoms in total. The number of aliphatic hydroxyl groups excluding tert-OH is 1. The van der Waals surface area contributed by atoms with Crippen LogP contribution >= 0.6 is 0 Å². The second-order valence-corrected chi connectivity index (χ2v) is 6.19. The maximum absolute atomic E-state index is 12.5. The molecule has 8 heteroatoms. The third-order valence-electron chi connectivity index (χ3n) is 4.26. The quantitative estimate of drug-likeness (QED) is 0.298. The van der Waals surface area contributed by atoms with Crippen LogP contribution in [0.25, 0.3) is 10.9 Å². The lowest BCUT2D eigenvalue weighted by Gasteiger charge is -2.07. The zero-order chi connectivity index (χ0) is 19.9. The Labute approximate surface area is 162 Å². The number of aliphatic hydroxyl groups is 1. The largest absolute Gasteiger partial charge is 0.395 e. The number of aromatic nitrogens is 3. The smallest absolute Gasteiger partial charge is 0.268 e. The SMILES string of the molecule is C#Cc1cccc(Nc2nncc3[nH]c(C(=O)NCCNCCO)c(C)c23)c1. The molecule has 2 heterocycles. The first-order chi connectivity index (χ1) is 13.6. The Morgan fingerprint density at radius 2 is 2.18 bits per heavy atom. The zero-order valence-electron chi connectivity index (χ0n) is 15.5. The second-order valence-electron chi connectivity index (χ2n) is 6.19. The van der Waals surface area contributed by atoms with Crippen LogP contribution in [0.2, 0.25) is 0 Å². The number of hydrogen-bond donors (Lipinski definition) is 5. The number of terminal acetylenes is 1. The molecule has 0 saturated heterocycles. The molecule has 0 fully saturated rings. The Bertz CT molecular complexity index is 1020. The third-order valence-corrected chi connectivity index (χ3v) is 4.26. The molecule has 0 unspecified atom stereocenters. The topological polar surface area (TPSA) is 115 Å². The predicted octanol–water partition coefficient (Wildman–Crippen LogP) is 1.30. The van der Waals surface area contributed by atoms with Gasteiger partial charge in [-0.2, -0.15) is 5.10 Å². The number of aromatic amines is 1. The van der Waals surface area contributed by atoms with Crippen molar-refractivity contribution >= 4 is 28.3 Å². The van der Waals surface area contributed by atoms with Crippen molar-refractivity contribution in [3.63, 3.8) is 0 Å². The summed E-state index contributed by atoms with van der Waals surface area (Å²) in [5.41, 5.74) is 3.50. The highest BCUT2D eigenvalue weighted by Gasteiger charge is 2.18. The number of benzene rings is 1. The first-order valence-electron chi connectivity index (χ1n) is 8.91. The molecule has 3 rings (SSSR count). The molecule has 0 bridgehead atoms. The van der Waals surface area contributed by atoms with Crippen LogP contribution in [-0.2, 0) is 0 Å². The molecule has 1 amide bonds. The van der Waals surface area contributed by atoms with Crippen LogP contribution in [0.3, 0.4) is 0 Å². The van der Waals surface area contributed by atoms with Crippen molar-refractivity contribution in [3.05, 3.63) is 47.3 Å². The number of hydrogen-bond acceptors (Lipinski definition) is 6. The number of carbonyl (C=O) groups excluding carboxylic acids is 1. The van der Waals surface area contributed by atoms with E-state index in [0.29, 0.717) is 36.7 Å². The van der Waals surface area contributed by atoms with Crippen LogP contribution in [0.1, 0.15) is 21.6 Å². The van der Waals surface area contributed by atoms with Crippen molar-refractivity contribution in [2.75, 3.05) is 31.6 Å². The minimum Gasteiger partial charge on any atom is -0.395 e. The van der Waals surface area contributed by atoms with Crippen molar-refractivity contribution < 1.29 is 9.90 Å². The highest BCUT2D eigenvalue weighted by molar-refractivity contribution is 6.04. The standard InChI is InChI=1S/C20H22N6O2/c1-3-14-5-4-6-15(11-14)24-19-17-13(2)18(25-16(17)12-23-26-19)20(28)22-8-7-21-9-10-27/h1,4-6,11-12,21,25,27H,7-10H2,2H3,(H,22,28)(H,24,26). The molecular formula is C20H22N6O2. The number of nitrogens with one attached hydrogen (secondary N) is 4. The monoisotopic (exact) mass is 378 g/mol. The summed E-state index contributed by atoms with van der Waals surface area (Å²) in [6.07, 6.45) is 7.05. The number of aryl methyl sites for hydroxylation is 1. The van der Waals surface area contributed by atoms with Gasteiger partial charge in [-0.25, -0.2) is 0 Å². The van der Waals surface area contributed by atoms with Gasteiger partial charge >= 0.3 is 0 Å². The van der Waals surface area contributed by atoms with E-state index in [1.165, 1.54) is 0 Å². The first-order valence-corrected chi connectivity index (χ1v) is 8.91. The molecule has 0 aliphatic carbocycles. The number of H-pyrrole nitrogens is 1. The van der Waals surface area contributed by atoms with Gasteiger partial charge in [0.15, 0.2) is 5.82 Å². The number of anilines is 2. The average molecular weight is 378 g/mol. The first kappa shape index (κ1) is 19.4. The Morgan fingerprint density at radius 1 is 1.32 bits per heavy atom. The minimum atomic E-state index is -0.209. The van der Waals surface area contributed by atoms with Gasteiger partial charge in [-0.15, -0.1) is 11.5 Å². The molecule has 1 aromatic carbocycles. The maximum atomic E-state index is 12.5. The lowest BCUT2D eigenvalue weighted by Crippen LogP contribution is -2.33. The van der Waals surface area contributed by atoms with Gasteiger partial charge < -0.3 is 26.0 Å². The Balaban J connectivity index is 1.82. The van der Waals surface area contributed by atoms with E-state index >= 15 is 0 Å². The van der Waals surface area contributed by atoms with Crippen molar-refractivity contribution in [1.29, 1.82) is 0 Å². The van der Waals surface area contributed by atoms with Gasteiger partial charge in [0.1, 0.15) is 5.69 Å². The molecule has 28 heavy (non-hydrogen) atoms. The van der Waals surface area contributed by atoms with Gasteiger partial charge in [0.25, 0.3) is 5.91 Å². The lowest BCUT2D eigenvalue weighted by atomic mass is 10.1. The summed E-state index contributed by atoms with van der Waals surface area (Å²) < 4.78 is 0. The molecule has 0 aliphatic rings. The van der Waals surface area contributed by atoms with E-state index in [-0.39, 0.29) is 12.5 Å². The van der Waals surface area contributed by atoms with Gasteiger partial charge in [0, 0.05) is 36.3 Å². The van der Waals surface area contributed by atoms with E-state index in [9.17, 15) is 4.79 Å². The molecule has 5 N–H and O–H groups in total. The van der Waals surface area contributed by atoms with E-state index < -0.39 is 0 Å². The molecule has 0 spiro atoms. The third kappa shape index (κ3) is 4.28. The highest BCUT2D eigenvalue weighted by atomic mass is 16.3. The summed E-state index contributed by atoms with van der Waals surface area (Å²) in [4.78, 5) is 15.6. The molecule has 0 saturated carbocycles. The number of rotatable bonds is 8. The van der Waals surface area contributed by atoms with Crippen LogP contribution in [0.15, 0.2) is 30.5 Å². The van der Waals surface area contributed by atoms with Crippen LogP contribution in [0.4, 0.5) is 11.5 Å². The van der Waals surface area contributed by atoms with Gasteiger partial charge in [-0.05, 0) is 30.7 Å². The highest BCUT2D eigenvalue weighted by Crippen LogP contribution is 2.28. The van der Waals surface area contributed by atoms with Crippen molar-refractivity contribution in [3.8, 4) is 12.3 Å². The molecule has 2 aromatic heterocycles. The summed E-state index contributed by atoms with van der Waals surface area (Å²) in [7, 11) is 0. The van der Waals surface area contributed by atoms with E-state index in [1.54, 1.807) is 6.20 Å². The van der Waals surface area contributed by atoms with E-state index in [0.717, 1.165) is 22.2 Å². The van der Waals surface area contributed by atoms with Crippen LogP contribution in [0, 0.1) is 19.3 Å². The number of nitrogens with zero attached hydrogens (tertiary/aromatic N) is 2. The molecule has 3 aromatic rings. The van der Waals surface area contributed by atoms with E-state index in [1.807, 2.05) is 31.2 Å². The second kappa shape index (κ2) is 8.99. The van der Waals surface area contributed by atoms with Gasteiger partial charge in [-0.3, -0.25) is 4.79 Å². The summed E-state index contributed by atoms with van der Waals surface area (Å²) >= 11 is 0. The van der Waals surface area contributed by atoms with Crippen molar-refractivity contribution in [2.45, 2.75) is 6.92 Å². The number of fused-ring (bicyclic) bond motifs is 1. The van der Waals surface area contributed by atoms with E-state index in [4.69, 9.17) is 11.5 Å². The zero-order valence-corrected chi connectivity index (χ0v) is 15.5. The summed E-state index contributed by atoms with van der Waals surface area (Å²) in [5, 5.41) is 26.8. The molecule has 0 radical (unpaired) electrons. The number of carbonyl (C=O) groups is 1. The normalized spacial score (nSPS) is 10.6. The predicted molar refractivity (Wildman–Crippen MR) is 109 cm³/mol. The Morgan fingerprint density at radius 3 is 2.96 bits per heavy atom. The fourth-order valence-corrected chi connectivity index (χ4v) is 2.91. The maximum Gasteiger partial charge on any atom is 0.268 e.